The van der Waals surface area contributed by atoms with Gasteiger partial charge in [-0.25, -0.2) is 4.98 Å². The summed E-state index contributed by atoms with van der Waals surface area (Å²) in [7, 11) is 0. The molecule has 0 amide bonds. The van der Waals surface area contributed by atoms with E-state index in [4.69, 9.17) is 9.72 Å². The van der Waals surface area contributed by atoms with Crippen LogP contribution in [0.1, 0.15) is 11.9 Å². The fourth-order valence-corrected chi connectivity index (χ4v) is 5.05. The second-order valence-electron chi connectivity index (χ2n) is 6.01. The van der Waals surface area contributed by atoms with Crippen LogP contribution in [-0.4, -0.2) is 15.7 Å². The van der Waals surface area contributed by atoms with Crippen LogP contribution in [0.2, 0.25) is 0 Å². The highest BCUT2D eigenvalue weighted by molar-refractivity contribution is 7.99. The molecule has 1 N–H and O–H groups in total. The van der Waals surface area contributed by atoms with Crippen molar-refractivity contribution in [2.24, 2.45) is 0 Å². The van der Waals surface area contributed by atoms with E-state index in [2.05, 4.69) is 4.98 Å². The standard InChI is InChI=1S/C20H14N2O2S2/c23-19-17-13(12-6-2-1-3-7-12)10-26-20(17)22-18(21-19)15-11-25-16-9-5-4-8-14(16)24-15/h1-10,15H,11H2,(H,21,22,23)/t15-/m1/s1. The molecule has 5 rings (SSSR count). The number of nitrogens with one attached hydrogen (secondary N) is 1. The second kappa shape index (κ2) is 6.30. The summed E-state index contributed by atoms with van der Waals surface area (Å²) in [6.45, 7) is 0. The molecule has 0 saturated carbocycles. The fraction of sp³-hybridized carbons (Fsp3) is 0.100. The van der Waals surface area contributed by atoms with E-state index < -0.39 is 0 Å². The minimum atomic E-state index is -0.255. The van der Waals surface area contributed by atoms with Crippen molar-refractivity contribution in [2.75, 3.05) is 5.75 Å². The van der Waals surface area contributed by atoms with Gasteiger partial charge in [0.25, 0.3) is 5.56 Å². The number of thiophene rings is 1. The molecule has 0 saturated heterocycles. The minimum Gasteiger partial charge on any atom is -0.480 e. The molecule has 6 heteroatoms. The van der Waals surface area contributed by atoms with E-state index in [9.17, 15) is 4.79 Å². The molecule has 0 radical (unpaired) electrons. The molecule has 1 aliphatic heterocycles. The molecule has 0 aliphatic carbocycles. The molecule has 128 valence electrons. The number of ether oxygens (including phenoxy) is 1. The summed E-state index contributed by atoms with van der Waals surface area (Å²) in [6.07, 6.45) is -0.255. The Bertz CT molecular complexity index is 1150. The smallest absolute Gasteiger partial charge is 0.260 e. The normalized spacial score (nSPS) is 16.2. The minimum absolute atomic E-state index is 0.113. The van der Waals surface area contributed by atoms with Crippen molar-refractivity contribution in [3.63, 3.8) is 0 Å². The van der Waals surface area contributed by atoms with Gasteiger partial charge in [-0.1, -0.05) is 42.5 Å². The summed E-state index contributed by atoms with van der Waals surface area (Å²) >= 11 is 3.21. The van der Waals surface area contributed by atoms with Crippen molar-refractivity contribution < 1.29 is 4.74 Å². The number of fused-ring (bicyclic) bond motifs is 2. The zero-order valence-corrected chi connectivity index (χ0v) is 15.3. The molecule has 2 aromatic carbocycles. The quantitative estimate of drug-likeness (QED) is 0.540. The zero-order valence-electron chi connectivity index (χ0n) is 13.6. The Hall–Kier alpha value is -2.57. The van der Waals surface area contributed by atoms with Gasteiger partial charge in [-0.2, -0.15) is 0 Å². The largest absolute Gasteiger partial charge is 0.480 e. The van der Waals surface area contributed by atoms with Crippen molar-refractivity contribution in [3.05, 3.63) is 76.2 Å². The number of para-hydroxylation sites is 1. The van der Waals surface area contributed by atoms with Gasteiger partial charge in [-0.15, -0.1) is 23.1 Å². The zero-order chi connectivity index (χ0) is 17.5. The number of benzene rings is 2. The molecule has 1 aliphatic rings. The van der Waals surface area contributed by atoms with Gasteiger partial charge in [-0.3, -0.25) is 4.79 Å². The molecular weight excluding hydrogens is 364 g/mol. The van der Waals surface area contributed by atoms with E-state index in [-0.39, 0.29) is 11.7 Å². The lowest BCUT2D eigenvalue weighted by Crippen LogP contribution is -2.21. The van der Waals surface area contributed by atoms with Gasteiger partial charge < -0.3 is 9.72 Å². The maximum absolute atomic E-state index is 12.8. The van der Waals surface area contributed by atoms with Gasteiger partial charge in [0.1, 0.15) is 10.6 Å². The first kappa shape index (κ1) is 15.7. The van der Waals surface area contributed by atoms with Crippen LogP contribution < -0.4 is 10.3 Å². The van der Waals surface area contributed by atoms with Gasteiger partial charge in [0.2, 0.25) is 0 Å². The van der Waals surface area contributed by atoms with Crippen molar-refractivity contribution in [1.82, 2.24) is 9.97 Å². The van der Waals surface area contributed by atoms with Crippen LogP contribution in [0, 0.1) is 0 Å². The molecule has 0 fully saturated rings. The predicted molar refractivity (Wildman–Crippen MR) is 106 cm³/mol. The van der Waals surface area contributed by atoms with E-state index in [1.54, 1.807) is 11.8 Å². The molecule has 0 unspecified atom stereocenters. The lowest BCUT2D eigenvalue weighted by Gasteiger charge is -2.24. The molecule has 4 aromatic rings. The summed E-state index contributed by atoms with van der Waals surface area (Å²) in [5, 5.41) is 2.64. The van der Waals surface area contributed by atoms with Crippen LogP contribution in [0.4, 0.5) is 0 Å². The molecule has 3 heterocycles. The summed E-state index contributed by atoms with van der Waals surface area (Å²) in [4.78, 5) is 22.3. The first-order valence-corrected chi connectivity index (χ1v) is 10.1. The maximum atomic E-state index is 12.8. The number of thioether (sulfide) groups is 1. The van der Waals surface area contributed by atoms with Crippen LogP contribution in [0.3, 0.4) is 0 Å². The Labute approximate surface area is 157 Å². The van der Waals surface area contributed by atoms with Crippen LogP contribution in [-0.2, 0) is 0 Å². The molecule has 26 heavy (non-hydrogen) atoms. The Balaban J connectivity index is 1.57. The SMILES string of the molecule is O=c1[nH]c([C@H]2CSc3ccccc3O2)nc2scc(-c3ccccc3)c12. The van der Waals surface area contributed by atoms with E-state index >= 15 is 0 Å². The average Bonchev–Trinajstić information content (AvgIpc) is 3.13. The first-order chi connectivity index (χ1) is 12.8. The molecule has 0 spiro atoms. The fourth-order valence-electron chi connectivity index (χ4n) is 3.10. The van der Waals surface area contributed by atoms with Crippen LogP contribution >= 0.6 is 23.1 Å². The molecule has 2 aromatic heterocycles. The van der Waals surface area contributed by atoms with E-state index in [0.717, 1.165) is 32.4 Å². The van der Waals surface area contributed by atoms with Crippen LogP contribution in [0.15, 0.2) is 69.7 Å². The van der Waals surface area contributed by atoms with Crippen molar-refractivity contribution in [1.29, 1.82) is 0 Å². The van der Waals surface area contributed by atoms with Crippen LogP contribution in [0.25, 0.3) is 21.3 Å². The summed E-state index contributed by atoms with van der Waals surface area (Å²) in [6, 6.07) is 17.9. The maximum Gasteiger partial charge on any atom is 0.260 e. The molecule has 4 nitrogen and oxygen atoms in total. The molecule has 0 bridgehead atoms. The Kier molecular flexibility index (Phi) is 3.80. The topological polar surface area (TPSA) is 55.0 Å². The highest BCUT2D eigenvalue weighted by atomic mass is 32.2. The Morgan fingerprint density at radius 3 is 2.77 bits per heavy atom. The number of H-pyrrole nitrogens is 1. The molecular formula is C20H14N2O2S2. The lowest BCUT2D eigenvalue weighted by molar-refractivity contribution is 0.210. The van der Waals surface area contributed by atoms with Gasteiger partial charge in [0, 0.05) is 21.6 Å². The number of nitrogens with zero attached hydrogens (tertiary/aromatic N) is 1. The van der Waals surface area contributed by atoms with Gasteiger partial charge in [0.05, 0.1) is 5.39 Å². The van der Waals surface area contributed by atoms with Gasteiger partial charge in [0.15, 0.2) is 11.9 Å². The molecule has 1 atom stereocenters. The highest BCUT2D eigenvalue weighted by Crippen LogP contribution is 2.39. The summed E-state index contributed by atoms with van der Waals surface area (Å²) < 4.78 is 6.06. The Morgan fingerprint density at radius 2 is 1.88 bits per heavy atom. The third-order valence-corrected chi connectivity index (χ3v) is 6.35. The third-order valence-electron chi connectivity index (χ3n) is 4.36. The first-order valence-electron chi connectivity index (χ1n) is 8.25. The number of hydrogen-bond acceptors (Lipinski definition) is 5. The van der Waals surface area contributed by atoms with E-state index in [1.807, 2.05) is 60.0 Å². The number of hydrogen-bond donors (Lipinski definition) is 1. The van der Waals surface area contributed by atoms with E-state index in [1.165, 1.54) is 11.3 Å². The third kappa shape index (κ3) is 2.62. The van der Waals surface area contributed by atoms with Crippen LogP contribution in [0.5, 0.6) is 5.75 Å². The van der Waals surface area contributed by atoms with Gasteiger partial charge in [-0.05, 0) is 17.7 Å². The lowest BCUT2D eigenvalue weighted by atomic mass is 10.1. The predicted octanol–water partition coefficient (Wildman–Crippen LogP) is 4.88. The number of aromatic nitrogens is 2. The average molecular weight is 378 g/mol. The second-order valence-corrected chi connectivity index (χ2v) is 7.93. The highest BCUT2D eigenvalue weighted by Gasteiger charge is 2.25. The van der Waals surface area contributed by atoms with Crippen molar-refractivity contribution in [3.8, 4) is 16.9 Å². The summed E-state index contributed by atoms with van der Waals surface area (Å²) in [5.74, 6) is 2.15. The van der Waals surface area contributed by atoms with Crippen molar-refractivity contribution >= 4 is 33.3 Å². The number of aromatic amines is 1. The van der Waals surface area contributed by atoms with Crippen molar-refractivity contribution in [2.45, 2.75) is 11.0 Å². The van der Waals surface area contributed by atoms with E-state index in [0.29, 0.717) is 11.2 Å². The summed E-state index contributed by atoms with van der Waals surface area (Å²) in [5.41, 5.74) is 1.84. The van der Waals surface area contributed by atoms with Gasteiger partial charge >= 0.3 is 0 Å². The Morgan fingerprint density at radius 1 is 1.08 bits per heavy atom. The monoisotopic (exact) mass is 378 g/mol. The number of rotatable bonds is 2.